The zero-order chi connectivity index (χ0) is 26.9. The van der Waals surface area contributed by atoms with E-state index in [1.165, 1.54) is 12.4 Å². The molecular weight excluding hydrogens is 498 g/mol. The Hall–Kier alpha value is -4.61. The first-order chi connectivity index (χ1) is 19.2. The summed E-state index contributed by atoms with van der Waals surface area (Å²) in [5, 5.41) is 6.81. The van der Waals surface area contributed by atoms with Crippen molar-refractivity contribution in [3.63, 3.8) is 0 Å². The van der Waals surface area contributed by atoms with Crippen LogP contribution in [0.25, 0.3) is 10.9 Å². The summed E-state index contributed by atoms with van der Waals surface area (Å²) in [4.78, 5) is 31.9. The van der Waals surface area contributed by atoms with Gasteiger partial charge in [-0.15, -0.1) is 0 Å². The van der Waals surface area contributed by atoms with E-state index in [2.05, 4.69) is 42.0 Å². The maximum absolute atomic E-state index is 12.2. The number of pyridine rings is 2. The fraction of sp³-hybridized carbons (Fsp3) is 0.250. The van der Waals surface area contributed by atoms with Gasteiger partial charge in [-0.25, -0.2) is 15.0 Å². The van der Waals surface area contributed by atoms with E-state index in [9.17, 15) is 4.79 Å². The van der Waals surface area contributed by atoms with Gasteiger partial charge in [-0.2, -0.15) is 0 Å². The highest BCUT2D eigenvalue weighted by Crippen LogP contribution is 2.33. The van der Waals surface area contributed by atoms with E-state index in [4.69, 9.17) is 14.2 Å². The van der Waals surface area contributed by atoms with Gasteiger partial charge in [0, 0.05) is 43.4 Å². The summed E-state index contributed by atoms with van der Waals surface area (Å²) in [7, 11) is 0. The maximum Gasteiger partial charge on any atom is 0.247 e. The summed E-state index contributed by atoms with van der Waals surface area (Å²) < 4.78 is 17.2. The summed E-state index contributed by atoms with van der Waals surface area (Å²) in [6.45, 7) is 8.27. The van der Waals surface area contributed by atoms with Crippen molar-refractivity contribution in [3.05, 3.63) is 79.5 Å². The van der Waals surface area contributed by atoms with Gasteiger partial charge in [0.1, 0.15) is 31.1 Å². The Morgan fingerprint density at radius 2 is 1.97 bits per heavy atom. The van der Waals surface area contributed by atoms with E-state index in [-0.39, 0.29) is 5.91 Å². The maximum atomic E-state index is 12.2. The van der Waals surface area contributed by atoms with Gasteiger partial charge in [-0.1, -0.05) is 12.6 Å². The van der Waals surface area contributed by atoms with Crippen LogP contribution >= 0.6 is 0 Å². The topological polar surface area (TPSA) is 124 Å². The second-order valence-corrected chi connectivity index (χ2v) is 8.70. The minimum Gasteiger partial charge on any atom is -0.490 e. The zero-order valence-electron chi connectivity index (χ0n) is 21.4. The molecule has 0 unspecified atom stereocenters. The molecule has 39 heavy (non-hydrogen) atoms. The van der Waals surface area contributed by atoms with Crippen molar-refractivity contribution in [1.82, 2.24) is 24.8 Å². The Morgan fingerprint density at radius 1 is 1.08 bits per heavy atom. The van der Waals surface area contributed by atoms with Gasteiger partial charge in [-0.3, -0.25) is 14.7 Å². The lowest BCUT2D eigenvalue weighted by Crippen LogP contribution is -2.38. The molecule has 0 saturated carbocycles. The molecule has 11 heteroatoms. The average molecular weight is 528 g/mol. The lowest BCUT2D eigenvalue weighted by atomic mass is 10.2. The van der Waals surface area contributed by atoms with Crippen molar-refractivity contribution in [3.8, 4) is 11.6 Å². The second-order valence-electron chi connectivity index (χ2n) is 8.70. The molecule has 0 bridgehead atoms. The molecule has 1 aromatic carbocycles. The summed E-state index contributed by atoms with van der Waals surface area (Å²) in [5.74, 6) is 1.21. The molecule has 2 N–H and O–H groups in total. The number of carbonyl (C=O) groups excluding carboxylic acids is 1. The predicted octanol–water partition coefficient (Wildman–Crippen LogP) is 3.58. The molecule has 0 radical (unpaired) electrons. The fourth-order valence-electron chi connectivity index (χ4n) is 4.00. The number of rotatable bonds is 11. The summed E-state index contributed by atoms with van der Waals surface area (Å²) in [6, 6.07) is 12.9. The highest BCUT2D eigenvalue weighted by molar-refractivity contribution is 6.03. The van der Waals surface area contributed by atoms with Crippen LogP contribution < -0.4 is 20.1 Å². The quantitative estimate of drug-likeness (QED) is 0.280. The highest BCUT2D eigenvalue weighted by Gasteiger charge is 2.15. The first kappa shape index (κ1) is 26.0. The van der Waals surface area contributed by atoms with Crippen LogP contribution in [0.4, 0.5) is 17.2 Å². The Kier molecular flexibility index (Phi) is 8.51. The largest absolute Gasteiger partial charge is 0.490 e. The molecule has 3 aromatic heterocycles. The molecule has 0 atom stereocenters. The molecule has 200 valence electrons. The SMILES string of the molecule is C=CC(=O)Nc1cc2c(Nc3ccc(OCc4ccccn4)nc3)ncnc2cc1OCCN1CCOCC1. The van der Waals surface area contributed by atoms with Gasteiger partial charge in [-0.05, 0) is 30.3 Å². The molecule has 4 heterocycles. The number of aromatic nitrogens is 4. The van der Waals surface area contributed by atoms with Crippen LogP contribution in [0.2, 0.25) is 0 Å². The number of benzene rings is 1. The minimum absolute atomic E-state index is 0.327. The summed E-state index contributed by atoms with van der Waals surface area (Å²) in [5.41, 5.74) is 2.69. The number of hydrogen-bond donors (Lipinski definition) is 2. The van der Waals surface area contributed by atoms with Crippen molar-refractivity contribution in [2.24, 2.45) is 0 Å². The Morgan fingerprint density at radius 3 is 2.74 bits per heavy atom. The standard InChI is InChI=1S/C28H29N7O4/c1-2-26(36)34-24-15-22-23(16-25(24)38-14-11-35-9-12-37-13-10-35)31-19-32-28(22)33-20-6-7-27(30-17-20)39-18-21-5-3-4-8-29-21/h2-8,15-17,19H,1,9-14,18H2,(H,34,36)(H,31,32,33). The van der Waals surface area contributed by atoms with E-state index in [0.29, 0.717) is 52.9 Å². The van der Waals surface area contributed by atoms with Gasteiger partial charge in [0.25, 0.3) is 0 Å². The molecule has 0 spiro atoms. The molecular formula is C28H29N7O4. The van der Waals surface area contributed by atoms with Gasteiger partial charge >= 0.3 is 0 Å². The smallest absolute Gasteiger partial charge is 0.247 e. The van der Waals surface area contributed by atoms with Crippen LogP contribution in [0.3, 0.4) is 0 Å². The number of nitrogens with zero attached hydrogens (tertiary/aromatic N) is 5. The number of hydrogen-bond acceptors (Lipinski definition) is 10. The Bertz CT molecular complexity index is 1410. The average Bonchev–Trinajstić information content (AvgIpc) is 2.98. The molecule has 1 amide bonds. The van der Waals surface area contributed by atoms with E-state index < -0.39 is 0 Å². The molecule has 1 aliphatic heterocycles. The lowest BCUT2D eigenvalue weighted by Gasteiger charge is -2.26. The highest BCUT2D eigenvalue weighted by atomic mass is 16.5. The van der Waals surface area contributed by atoms with Crippen LogP contribution in [-0.2, 0) is 16.1 Å². The van der Waals surface area contributed by atoms with E-state index >= 15 is 0 Å². The van der Waals surface area contributed by atoms with Gasteiger partial charge in [0.15, 0.2) is 0 Å². The fourth-order valence-corrected chi connectivity index (χ4v) is 4.00. The predicted molar refractivity (Wildman–Crippen MR) is 147 cm³/mol. The summed E-state index contributed by atoms with van der Waals surface area (Å²) in [6.07, 6.45) is 6.07. The number of carbonyl (C=O) groups is 1. The van der Waals surface area contributed by atoms with Crippen LogP contribution in [0.15, 0.2) is 73.8 Å². The second kappa shape index (κ2) is 12.8. The third-order valence-corrected chi connectivity index (χ3v) is 6.04. The molecule has 5 rings (SSSR count). The first-order valence-corrected chi connectivity index (χ1v) is 12.6. The van der Waals surface area contributed by atoms with Crippen LogP contribution in [0.1, 0.15) is 5.69 Å². The monoisotopic (exact) mass is 527 g/mol. The van der Waals surface area contributed by atoms with Crippen LogP contribution in [-0.4, -0.2) is 70.2 Å². The van der Waals surface area contributed by atoms with E-state index in [0.717, 1.165) is 38.5 Å². The molecule has 1 saturated heterocycles. The molecule has 0 aliphatic carbocycles. The van der Waals surface area contributed by atoms with Crippen LogP contribution in [0.5, 0.6) is 11.6 Å². The third-order valence-electron chi connectivity index (χ3n) is 6.04. The number of anilines is 3. The third kappa shape index (κ3) is 7.03. The molecule has 4 aromatic rings. The first-order valence-electron chi connectivity index (χ1n) is 12.6. The number of morpholine rings is 1. The van der Waals surface area contributed by atoms with Gasteiger partial charge in [0.2, 0.25) is 11.8 Å². The Balaban J connectivity index is 1.31. The van der Waals surface area contributed by atoms with Gasteiger partial charge < -0.3 is 24.8 Å². The normalized spacial score (nSPS) is 13.5. The van der Waals surface area contributed by atoms with Crippen molar-refractivity contribution in [2.45, 2.75) is 6.61 Å². The van der Waals surface area contributed by atoms with Gasteiger partial charge in [0.05, 0.1) is 42.0 Å². The molecule has 1 aliphatic rings. The van der Waals surface area contributed by atoms with Crippen molar-refractivity contribution in [2.75, 3.05) is 50.1 Å². The Labute approximate surface area is 225 Å². The van der Waals surface area contributed by atoms with E-state index in [1.54, 1.807) is 30.6 Å². The number of nitrogens with one attached hydrogen (secondary N) is 2. The van der Waals surface area contributed by atoms with Crippen molar-refractivity contribution < 1.29 is 19.0 Å². The molecule has 1 fully saturated rings. The zero-order valence-corrected chi connectivity index (χ0v) is 21.4. The van der Waals surface area contributed by atoms with E-state index in [1.807, 2.05) is 24.3 Å². The lowest BCUT2D eigenvalue weighted by molar-refractivity contribution is -0.111. The summed E-state index contributed by atoms with van der Waals surface area (Å²) >= 11 is 0. The molecule has 11 nitrogen and oxygen atoms in total. The van der Waals surface area contributed by atoms with Crippen LogP contribution in [0, 0.1) is 0 Å². The minimum atomic E-state index is -0.343. The van der Waals surface area contributed by atoms with Crippen molar-refractivity contribution >= 4 is 34.0 Å². The number of amides is 1. The number of ether oxygens (including phenoxy) is 3. The number of fused-ring (bicyclic) bond motifs is 1. The van der Waals surface area contributed by atoms with Crippen molar-refractivity contribution in [1.29, 1.82) is 0 Å².